The number of hydrogen-bond acceptors (Lipinski definition) is 3. The minimum absolute atomic E-state index is 0.0713. The van der Waals surface area contributed by atoms with E-state index in [1.165, 1.54) is 7.11 Å². The summed E-state index contributed by atoms with van der Waals surface area (Å²) in [5, 5.41) is 0. The highest BCUT2D eigenvalue weighted by atomic mass is 16.5. The van der Waals surface area contributed by atoms with E-state index in [1.807, 2.05) is 19.9 Å². The summed E-state index contributed by atoms with van der Waals surface area (Å²) in [7, 11) is 1.35. The number of Topliss-reactive ketones (excluding diaryl/α,β-unsaturated/α-hetero) is 1. The molecule has 0 aliphatic carbocycles. The second kappa shape index (κ2) is 6.15. The van der Waals surface area contributed by atoms with E-state index in [1.54, 1.807) is 31.2 Å². The van der Waals surface area contributed by atoms with Crippen molar-refractivity contribution in [1.82, 2.24) is 0 Å². The Morgan fingerprint density at radius 3 is 2.11 bits per heavy atom. The highest BCUT2D eigenvalue weighted by Gasteiger charge is 2.09. The summed E-state index contributed by atoms with van der Waals surface area (Å²) >= 11 is 0. The molecule has 0 aliphatic rings. The topological polar surface area (TPSA) is 43.4 Å². The maximum Gasteiger partial charge on any atom is 0.337 e. The van der Waals surface area contributed by atoms with Crippen LogP contribution in [0.3, 0.4) is 0 Å². The van der Waals surface area contributed by atoms with Crippen LogP contribution in [0.1, 0.15) is 36.7 Å². The van der Waals surface area contributed by atoms with Crippen molar-refractivity contribution in [3.63, 3.8) is 0 Å². The van der Waals surface area contributed by atoms with Crippen LogP contribution in [0.4, 0.5) is 0 Å². The lowest BCUT2D eigenvalue weighted by molar-refractivity contribution is -0.113. The predicted molar refractivity (Wildman–Crippen MR) is 71.3 cm³/mol. The van der Waals surface area contributed by atoms with E-state index >= 15 is 0 Å². The van der Waals surface area contributed by atoms with Crippen molar-refractivity contribution in [2.45, 2.75) is 20.8 Å². The molecule has 0 aliphatic heterocycles. The zero-order valence-corrected chi connectivity index (χ0v) is 11.2. The van der Waals surface area contributed by atoms with Gasteiger partial charge in [-0.15, -0.1) is 0 Å². The first-order valence-corrected chi connectivity index (χ1v) is 5.86. The standard InChI is InChI=1S/C15H18O3/c1-10(2)14(11(3)16)9-12-5-7-13(8-6-12)15(17)18-4/h5-10H,1-4H3/b14-9+. The maximum atomic E-state index is 11.5. The second-order valence-electron chi connectivity index (χ2n) is 4.42. The number of allylic oxidation sites excluding steroid dienone is 1. The molecule has 0 saturated heterocycles. The minimum atomic E-state index is -0.360. The molecule has 0 heterocycles. The lowest BCUT2D eigenvalue weighted by Crippen LogP contribution is -2.04. The van der Waals surface area contributed by atoms with Gasteiger partial charge in [0, 0.05) is 0 Å². The molecule has 1 aromatic carbocycles. The normalized spacial score (nSPS) is 11.5. The van der Waals surface area contributed by atoms with Gasteiger partial charge in [0.25, 0.3) is 0 Å². The average molecular weight is 246 g/mol. The Morgan fingerprint density at radius 1 is 1.17 bits per heavy atom. The van der Waals surface area contributed by atoms with E-state index in [9.17, 15) is 9.59 Å². The van der Waals surface area contributed by atoms with Crippen LogP contribution < -0.4 is 0 Å². The van der Waals surface area contributed by atoms with Crippen molar-refractivity contribution in [2.75, 3.05) is 7.11 Å². The fourth-order valence-corrected chi connectivity index (χ4v) is 1.69. The summed E-state index contributed by atoms with van der Waals surface area (Å²) in [5.74, 6) is -0.106. The van der Waals surface area contributed by atoms with E-state index < -0.39 is 0 Å². The molecule has 96 valence electrons. The molecular formula is C15H18O3. The third kappa shape index (κ3) is 3.55. The molecule has 0 fully saturated rings. The Kier molecular flexibility index (Phi) is 4.84. The molecule has 0 spiro atoms. The molecule has 1 aromatic rings. The summed E-state index contributed by atoms with van der Waals surface area (Å²) < 4.78 is 4.63. The highest BCUT2D eigenvalue weighted by Crippen LogP contribution is 2.16. The predicted octanol–water partition coefficient (Wildman–Crippen LogP) is 3.10. The summed E-state index contributed by atoms with van der Waals surface area (Å²) in [6.45, 7) is 5.53. The number of rotatable bonds is 4. The summed E-state index contributed by atoms with van der Waals surface area (Å²) in [6, 6.07) is 6.99. The fraction of sp³-hybridized carbons (Fsp3) is 0.333. The van der Waals surface area contributed by atoms with Gasteiger partial charge in [-0.3, -0.25) is 4.79 Å². The first-order chi connectivity index (χ1) is 8.45. The lowest BCUT2D eigenvalue weighted by atomic mass is 9.97. The lowest BCUT2D eigenvalue weighted by Gasteiger charge is -2.07. The highest BCUT2D eigenvalue weighted by molar-refractivity contribution is 5.98. The van der Waals surface area contributed by atoms with Crippen LogP contribution in [-0.4, -0.2) is 18.9 Å². The molecule has 18 heavy (non-hydrogen) atoms. The van der Waals surface area contributed by atoms with E-state index in [0.717, 1.165) is 11.1 Å². The average Bonchev–Trinajstić information content (AvgIpc) is 2.35. The number of ether oxygens (including phenoxy) is 1. The number of methoxy groups -OCH3 is 1. The van der Waals surface area contributed by atoms with E-state index in [4.69, 9.17) is 0 Å². The summed E-state index contributed by atoms with van der Waals surface area (Å²) in [5.41, 5.74) is 2.19. The van der Waals surface area contributed by atoms with Crippen LogP contribution in [0.2, 0.25) is 0 Å². The van der Waals surface area contributed by atoms with Gasteiger partial charge >= 0.3 is 5.97 Å². The molecule has 0 unspecified atom stereocenters. The van der Waals surface area contributed by atoms with Crippen LogP contribution in [0.5, 0.6) is 0 Å². The van der Waals surface area contributed by atoms with Gasteiger partial charge in [-0.1, -0.05) is 26.0 Å². The Labute approximate surface area is 107 Å². The van der Waals surface area contributed by atoms with Crippen molar-refractivity contribution < 1.29 is 14.3 Å². The number of carbonyl (C=O) groups is 2. The van der Waals surface area contributed by atoms with Gasteiger partial charge in [-0.2, -0.15) is 0 Å². The van der Waals surface area contributed by atoms with E-state index in [2.05, 4.69) is 4.74 Å². The molecule has 0 aromatic heterocycles. The first-order valence-electron chi connectivity index (χ1n) is 5.86. The molecular weight excluding hydrogens is 228 g/mol. The minimum Gasteiger partial charge on any atom is -0.465 e. The Bertz CT molecular complexity index is 467. The third-order valence-electron chi connectivity index (χ3n) is 2.68. The fourth-order valence-electron chi connectivity index (χ4n) is 1.69. The molecule has 0 radical (unpaired) electrons. The number of hydrogen-bond donors (Lipinski definition) is 0. The Balaban J connectivity index is 3.01. The van der Waals surface area contributed by atoms with Crippen LogP contribution in [0, 0.1) is 5.92 Å². The van der Waals surface area contributed by atoms with Crippen molar-refractivity contribution >= 4 is 17.8 Å². The molecule has 1 rings (SSSR count). The number of carbonyl (C=O) groups excluding carboxylic acids is 2. The quantitative estimate of drug-likeness (QED) is 0.605. The maximum absolute atomic E-state index is 11.5. The van der Waals surface area contributed by atoms with Crippen LogP contribution in [0.15, 0.2) is 29.8 Å². The van der Waals surface area contributed by atoms with Crippen LogP contribution in [-0.2, 0) is 9.53 Å². The largest absolute Gasteiger partial charge is 0.465 e. The molecule has 3 heteroatoms. The first kappa shape index (κ1) is 14.2. The second-order valence-corrected chi connectivity index (χ2v) is 4.42. The van der Waals surface area contributed by atoms with Crippen molar-refractivity contribution in [3.05, 3.63) is 41.0 Å². The Morgan fingerprint density at radius 2 is 1.72 bits per heavy atom. The van der Waals surface area contributed by atoms with Gasteiger partial charge in [0.05, 0.1) is 12.7 Å². The van der Waals surface area contributed by atoms with Gasteiger partial charge in [-0.25, -0.2) is 4.79 Å². The number of benzene rings is 1. The smallest absolute Gasteiger partial charge is 0.337 e. The van der Waals surface area contributed by atoms with Gasteiger partial charge in [0.2, 0.25) is 0 Å². The Hall–Kier alpha value is -1.90. The van der Waals surface area contributed by atoms with Gasteiger partial charge in [-0.05, 0) is 42.2 Å². The third-order valence-corrected chi connectivity index (χ3v) is 2.68. The van der Waals surface area contributed by atoms with Gasteiger partial charge < -0.3 is 4.74 Å². The van der Waals surface area contributed by atoms with Crippen LogP contribution in [0.25, 0.3) is 6.08 Å². The van der Waals surface area contributed by atoms with Crippen molar-refractivity contribution in [3.8, 4) is 0 Å². The van der Waals surface area contributed by atoms with Crippen molar-refractivity contribution in [2.24, 2.45) is 5.92 Å². The molecule has 0 bridgehead atoms. The summed E-state index contributed by atoms with van der Waals surface area (Å²) in [6.07, 6.45) is 1.86. The zero-order chi connectivity index (χ0) is 13.7. The zero-order valence-electron chi connectivity index (χ0n) is 11.2. The number of esters is 1. The molecule has 0 N–H and O–H groups in total. The molecule has 3 nitrogen and oxygen atoms in total. The molecule has 0 saturated carbocycles. The summed E-state index contributed by atoms with van der Waals surface area (Å²) in [4.78, 5) is 22.7. The monoisotopic (exact) mass is 246 g/mol. The van der Waals surface area contributed by atoms with E-state index in [-0.39, 0.29) is 17.7 Å². The van der Waals surface area contributed by atoms with Gasteiger partial charge in [0.15, 0.2) is 5.78 Å². The van der Waals surface area contributed by atoms with Crippen molar-refractivity contribution in [1.29, 1.82) is 0 Å². The molecule has 0 amide bonds. The van der Waals surface area contributed by atoms with Crippen LogP contribution >= 0.6 is 0 Å². The van der Waals surface area contributed by atoms with Gasteiger partial charge in [0.1, 0.15) is 0 Å². The SMILES string of the molecule is COC(=O)c1ccc(/C=C(/C(C)=O)C(C)C)cc1. The van der Waals surface area contributed by atoms with E-state index in [0.29, 0.717) is 5.56 Å². The number of ketones is 1. The molecule has 0 atom stereocenters.